The Bertz CT molecular complexity index is 1300. The maximum atomic E-state index is 14.6. The highest BCUT2D eigenvalue weighted by atomic mass is 19.3. The minimum absolute atomic E-state index is 0.00384. The smallest absolute Gasteiger partial charge is 0.301 e. The Balaban J connectivity index is 1.52. The lowest BCUT2D eigenvalue weighted by atomic mass is 10.0. The first-order valence-corrected chi connectivity index (χ1v) is 10.9. The van der Waals surface area contributed by atoms with Crippen LogP contribution in [0.25, 0.3) is 11.3 Å². The Labute approximate surface area is 205 Å². The summed E-state index contributed by atoms with van der Waals surface area (Å²) in [6.45, 7) is -1.69. The van der Waals surface area contributed by atoms with Crippen molar-refractivity contribution < 1.29 is 28.2 Å². The average molecular weight is 496 g/mol. The number of aliphatic hydroxyl groups is 1. The molecule has 4 rings (SSSR count). The molecule has 0 spiro atoms. The number of aromatic nitrogens is 3. The van der Waals surface area contributed by atoms with Gasteiger partial charge in [0.1, 0.15) is 18.4 Å². The molecule has 1 unspecified atom stereocenters. The summed E-state index contributed by atoms with van der Waals surface area (Å²) in [5, 5.41) is 21.6. The van der Waals surface area contributed by atoms with Gasteiger partial charge in [-0.05, 0) is 30.3 Å². The van der Waals surface area contributed by atoms with E-state index >= 15 is 0 Å². The van der Waals surface area contributed by atoms with Crippen molar-refractivity contribution in [1.29, 1.82) is 5.26 Å². The number of anilines is 2. The van der Waals surface area contributed by atoms with Crippen LogP contribution in [-0.4, -0.2) is 69.7 Å². The van der Waals surface area contributed by atoms with Gasteiger partial charge in [0.2, 0.25) is 17.7 Å². The largest absolute Gasteiger partial charge is 0.483 e. The number of halogens is 2. The highest BCUT2D eigenvalue weighted by Crippen LogP contribution is 2.34. The van der Waals surface area contributed by atoms with Gasteiger partial charge in [0, 0.05) is 42.7 Å². The van der Waals surface area contributed by atoms with Crippen molar-refractivity contribution in [2.24, 2.45) is 0 Å². The van der Waals surface area contributed by atoms with Gasteiger partial charge >= 0.3 is 5.92 Å². The minimum atomic E-state index is -3.35. The molecule has 3 heterocycles. The zero-order valence-electron chi connectivity index (χ0n) is 19.2. The number of aliphatic hydroxyl groups excluding tert-OH is 1. The Kier molecular flexibility index (Phi) is 7.21. The Morgan fingerprint density at radius 2 is 2.08 bits per heavy atom. The van der Waals surface area contributed by atoms with E-state index < -0.39 is 31.1 Å². The van der Waals surface area contributed by atoms with Gasteiger partial charge in [-0.25, -0.2) is 23.7 Å². The SMILES string of the molecule is COc1cc(Nc2nccc(-c3ccc(OC4CCN(C(=O)CO)CC4(F)F)c(C#N)c3)n2)ccn1. The predicted molar refractivity (Wildman–Crippen MR) is 124 cm³/mol. The molecule has 1 amide bonds. The normalized spacial score (nSPS) is 16.6. The number of piperidine rings is 1. The number of nitrogens with one attached hydrogen (secondary N) is 1. The van der Waals surface area contributed by atoms with Crippen molar-refractivity contribution in [3.05, 3.63) is 54.4 Å². The first-order chi connectivity index (χ1) is 17.3. The van der Waals surface area contributed by atoms with Crippen LogP contribution >= 0.6 is 0 Å². The lowest BCUT2D eigenvalue weighted by Gasteiger charge is -2.38. The number of carbonyl (C=O) groups excluding carboxylic acids is 1. The third-order valence-electron chi connectivity index (χ3n) is 5.54. The highest BCUT2D eigenvalue weighted by Gasteiger charge is 2.47. The molecule has 0 radical (unpaired) electrons. The fraction of sp³-hybridized carbons (Fsp3) is 0.292. The number of nitrogens with zero attached hydrogens (tertiary/aromatic N) is 5. The zero-order valence-corrected chi connectivity index (χ0v) is 19.2. The topological polar surface area (TPSA) is 133 Å². The van der Waals surface area contributed by atoms with E-state index in [0.29, 0.717) is 28.8 Å². The second-order valence-electron chi connectivity index (χ2n) is 7.93. The summed E-state index contributed by atoms with van der Waals surface area (Å²) in [4.78, 5) is 25.2. The molecule has 10 nitrogen and oxygen atoms in total. The van der Waals surface area contributed by atoms with Crippen LogP contribution in [0, 0.1) is 11.3 Å². The van der Waals surface area contributed by atoms with Crippen LogP contribution in [-0.2, 0) is 4.79 Å². The predicted octanol–water partition coefficient (Wildman–Crippen LogP) is 2.77. The third kappa shape index (κ3) is 5.47. The lowest BCUT2D eigenvalue weighted by molar-refractivity contribution is -0.161. The van der Waals surface area contributed by atoms with Gasteiger partial charge in [-0.3, -0.25) is 4.79 Å². The van der Waals surface area contributed by atoms with E-state index in [-0.39, 0.29) is 24.3 Å². The fourth-order valence-corrected chi connectivity index (χ4v) is 3.72. The van der Waals surface area contributed by atoms with Crippen molar-refractivity contribution in [3.63, 3.8) is 0 Å². The van der Waals surface area contributed by atoms with E-state index in [2.05, 4.69) is 20.3 Å². The second-order valence-corrected chi connectivity index (χ2v) is 7.93. The zero-order chi connectivity index (χ0) is 25.7. The van der Waals surface area contributed by atoms with Crippen LogP contribution in [0.4, 0.5) is 20.4 Å². The quantitative estimate of drug-likeness (QED) is 0.506. The number of likely N-dealkylation sites (tertiary alicyclic amines) is 1. The van der Waals surface area contributed by atoms with Crippen molar-refractivity contribution in [2.75, 3.05) is 32.1 Å². The number of carbonyl (C=O) groups is 1. The third-order valence-corrected chi connectivity index (χ3v) is 5.54. The van der Waals surface area contributed by atoms with Crippen molar-refractivity contribution in [1.82, 2.24) is 19.9 Å². The standard InChI is InChI=1S/C24H22F2N6O4/c1-35-21-11-17(4-7-28-21)30-23-29-8-5-18(31-23)15-2-3-19(16(10-15)12-27)36-20-6-9-32(22(34)13-33)14-24(20,25)26/h2-5,7-8,10-11,20,33H,6,9,13-14H2,1H3,(H,28,29,30,31). The molecule has 36 heavy (non-hydrogen) atoms. The summed E-state index contributed by atoms with van der Waals surface area (Å²) < 4.78 is 39.9. The molecule has 1 aromatic carbocycles. The molecule has 186 valence electrons. The molecular formula is C24H22F2N6O4. The Morgan fingerprint density at radius 3 is 2.81 bits per heavy atom. The van der Waals surface area contributed by atoms with Crippen LogP contribution in [0.1, 0.15) is 12.0 Å². The van der Waals surface area contributed by atoms with Gasteiger partial charge in [-0.2, -0.15) is 5.26 Å². The average Bonchev–Trinajstić information content (AvgIpc) is 2.89. The van der Waals surface area contributed by atoms with Gasteiger partial charge in [-0.15, -0.1) is 0 Å². The van der Waals surface area contributed by atoms with Gasteiger partial charge in [0.25, 0.3) is 0 Å². The second kappa shape index (κ2) is 10.5. The molecular weight excluding hydrogens is 474 g/mol. The first kappa shape index (κ1) is 24.7. The molecule has 0 aliphatic carbocycles. The number of rotatable bonds is 7. The molecule has 1 fully saturated rings. The molecule has 1 aliphatic heterocycles. The minimum Gasteiger partial charge on any atom is -0.483 e. The van der Waals surface area contributed by atoms with Crippen LogP contribution in [0.5, 0.6) is 11.6 Å². The number of hydrogen-bond acceptors (Lipinski definition) is 9. The van der Waals surface area contributed by atoms with Crippen LogP contribution in [0.15, 0.2) is 48.8 Å². The van der Waals surface area contributed by atoms with Crippen LogP contribution in [0.3, 0.4) is 0 Å². The molecule has 1 atom stereocenters. The monoisotopic (exact) mass is 496 g/mol. The maximum absolute atomic E-state index is 14.6. The van der Waals surface area contributed by atoms with Gasteiger partial charge in [-0.1, -0.05) is 0 Å². The van der Waals surface area contributed by atoms with E-state index in [1.165, 1.54) is 19.2 Å². The molecule has 12 heteroatoms. The molecule has 1 aliphatic rings. The number of methoxy groups -OCH3 is 1. The molecule has 3 aromatic rings. The summed E-state index contributed by atoms with van der Waals surface area (Å²) in [6, 6.07) is 11.6. The summed E-state index contributed by atoms with van der Waals surface area (Å²) in [6.07, 6.45) is 1.44. The maximum Gasteiger partial charge on any atom is 0.301 e. The number of alkyl halides is 2. The van der Waals surface area contributed by atoms with E-state index in [1.807, 2.05) is 6.07 Å². The molecule has 1 saturated heterocycles. The van der Waals surface area contributed by atoms with Crippen LogP contribution < -0.4 is 14.8 Å². The fourth-order valence-electron chi connectivity index (χ4n) is 3.72. The Hall–Kier alpha value is -4.37. The molecule has 0 saturated carbocycles. The van der Waals surface area contributed by atoms with E-state index in [0.717, 1.165) is 4.90 Å². The van der Waals surface area contributed by atoms with Crippen LogP contribution in [0.2, 0.25) is 0 Å². The van der Waals surface area contributed by atoms with E-state index in [1.54, 1.807) is 36.7 Å². The summed E-state index contributed by atoms with van der Waals surface area (Å²) in [7, 11) is 1.51. The number of pyridine rings is 1. The summed E-state index contributed by atoms with van der Waals surface area (Å²) in [5.41, 5.74) is 1.78. The van der Waals surface area contributed by atoms with E-state index in [9.17, 15) is 18.8 Å². The van der Waals surface area contributed by atoms with Gasteiger partial charge in [0.05, 0.1) is 24.9 Å². The van der Waals surface area contributed by atoms with Crippen molar-refractivity contribution in [2.45, 2.75) is 18.4 Å². The summed E-state index contributed by atoms with van der Waals surface area (Å²) in [5.74, 6) is -3.40. The molecule has 0 bridgehead atoms. The van der Waals surface area contributed by atoms with Gasteiger partial charge < -0.3 is 24.8 Å². The first-order valence-electron chi connectivity index (χ1n) is 10.9. The van der Waals surface area contributed by atoms with Gasteiger partial charge in [0.15, 0.2) is 6.10 Å². The highest BCUT2D eigenvalue weighted by molar-refractivity contribution is 5.77. The van der Waals surface area contributed by atoms with E-state index in [4.69, 9.17) is 14.6 Å². The Morgan fingerprint density at radius 1 is 1.28 bits per heavy atom. The molecule has 2 aromatic heterocycles. The van der Waals surface area contributed by atoms with Crippen molar-refractivity contribution in [3.8, 4) is 29.0 Å². The number of amides is 1. The van der Waals surface area contributed by atoms with Crippen molar-refractivity contribution >= 4 is 17.5 Å². The molecule has 2 N–H and O–H groups in total. The summed E-state index contributed by atoms with van der Waals surface area (Å²) >= 11 is 0. The number of nitriles is 1. The number of ether oxygens (including phenoxy) is 2. The number of hydrogen-bond donors (Lipinski definition) is 2. The lowest BCUT2D eigenvalue weighted by Crippen LogP contribution is -2.55. The number of benzene rings is 1.